The monoisotopic (exact) mass is 388 g/mol. The van der Waals surface area contributed by atoms with Gasteiger partial charge >= 0.3 is 11.6 Å². The minimum Gasteiger partial charge on any atom is -0.475 e. The van der Waals surface area contributed by atoms with Crippen molar-refractivity contribution in [1.29, 1.82) is 0 Å². The van der Waals surface area contributed by atoms with Gasteiger partial charge in [0, 0.05) is 18.2 Å². The predicted octanol–water partition coefficient (Wildman–Crippen LogP) is 2.21. The second kappa shape index (κ2) is 8.29. The number of carbonyl (C=O) groups is 1. The van der Waals surface area contributed by atoms with Gasteiger partial charge in [0.2, 0.25) is 5.91 Å². The van der Waals surface area contributed by atoms with E-state index < -0.39 is 4.92 Å². The standard InChI is InChI=1S/C17H17FN6O4/c1-28-17-15(24(26)27)11-22(21-17)7-6-16(25)20-13-8-19-23(10-13)9-12-4-2-3-5-14(12)18/h2-5,8,10-11H,6-7,9H2,1H3,(H,20,25). The SMILES string of the molecule is COc1nn(CCC(=O)Nc2cnn(Cc3ccccc3F)c2)cc1[N+](=O)[O-]. The molecule has 1 aromatic carbocycles. The largest absolute Gasteiger partial charge is 0.475 e. The number of rotatable bonds is 8. The van der Waals surface area contributed by atoms with Crippen molar-refractivity contribution in [3.8, 4) is 5.88 Å². The molecule has 0 radical (unpaired) electrons. The molecule has 2 aromatic heterocycles. The average Bonchev–Trinajstić information content (AvgIpc) is 3.28. The van der Waals surface area contributed by atoms with Crippen LogP contribution < -0.4 is 10.1 Å². The van der Waals surface area contributed by atoms with Gasteiger partial charge in [0.1, 0.15) is 12.0 Å². The first kappa shape index (κ1) is 19.0. The molecular formula is C17H17FN6O4. The highest BCUT2D eigenvalue weighted by atomic mass is 19.1. The number of benzene rings is 1. The summed E-state index contributed by atoms with van der Waals surface area (Å²) in [7, 11) is 1.28. The lowest BCUT2D eigenvalue weighted by Gasteiger charge is -2.04. The second-order valence-corrected chi connectivity index (χ2v) is 5.86. The highest BCUT2D eigenvalue weighted by molar-refractivity contribution is 5.90. The lowest BCUT2D eigenvalue weighted by Crippen LogP contribution is -2.14. The van der Waals surface area contributed by atoms with E-state index in [1.165, 1.54) is 34.9 Å². The summed E-state index contributed by atoms with van der Waals surface area (Å²) in [4.78, 5) is 22.4. The highest BCUT2D eigenvalue weighted by Gasteiger charge is 2.20. The van der Waals surface area contributed by atoms with Gasteiger partial charge in [-0.1, -0.05) is 18.2 Å². The van der Waals surface area contributed by atoms with Crippen molar-refractivity contribution >= 4 is 17.3 Å². The molecule has 0 saturated heterocycles. The number of ether oxygens (including phenoxy) is 1. The summed E-state index contributed by atoms with van der Waals surface area (Å²) in [6, 6.07) is 6.37. The highest BCUT2D eigenvalue weighted by Crippen LogP contribution is 2.24. The van der Waals surface area contributed by atoms with Crippen molar-refractivity contribution in [2.24, 2.45) is 0 Å². The summed E-state index contributed by atoms with van der Waals surface area (Å²) in [6.07, 6.45) is 4.30. The van der Waals surface area contributed by atoms with E-state index in [0.717, 1.165) is 0 Å². The van der Waals surface area contributed by atoms with Crippen LogP contribution in [0.5, 0.6) is 5.88 Å². The number of halogens is 1. The summed E-state index contributed by atoms with van der Waals surface area (Å²) in [5, 5.41) is 21.6. The van der Waals surface area contributed by atoms with E-state index in [2.05, 4.69) is 15.5 Å². The Hall–Kier alpha value is -3.76. The molecular weight excluding hydrogens is 371 g/mol. The maximum absolute atomic E-state index is 13.7. The number of aromatic nitrogens is 4. The number of nitrogens with one attached hydrogen (secondary N) is 1. The second-order valence-electron chi connectivity index (χ2n) is 5.86. The summed E-state index contributed by atoms with van der Waals surface area (Å²) in [6.45, 7) is 0.374. The van der Waals surface area contributed by atoms with Gasteiger partial charge < -0.3 is 10.1 Å². The van der Waals surface area contributed by atoms with Gasteiger partial charge in [-0.25, -0.2) is 4.39 Å². The summed E-state index contributed by atoms with van der Waals surface area (Å²) in [5.74, 6) is -0.755. The average molecular weight is 388 g/mol. The van der Waals surface area contributed by atoms with Crippen LogP contribution in [0.25, 0.3) is 0 Å². The number of nitro groups is 1. The van der Waals surface area contributed by atoms with Gasteiger partial charge in [-0.05, 0) is 6.07 Å². The summed E-state index contributed by atoms with van der Waals surface area (Å²) >= 11 is 0. The number of hydrogen-bond donors (Lipinski definition) is 1. The van der Waals surface area contributed by atoms with Crippen molar-refractivity contribution < 1.29 is 18.8 Å². The number of anilines is 1. The van der Waals surface area contributed by atoms with Crippen LogP contribution in [-0.2, 0) is 17.9 Å². The lowest BCUT2D eigenvalue weighted by molar-refractivity contribution is -0.385. The van der Waals surface area contributed by atoms with Crippen LogP contribution in [-0.4, -0.2) is 37.5 Å². The van der Waals surface area contributed by atoms with E-state index in [1.807, 2.05) is 0 Å². The Morgan fingerprint density at radius 1 is 1.32 bits per heavy atom. The van der Waals surface area contributed by atoms with E-state index in [4.69, 9.17) is 4.74 Å². The number of aryl methyl sites for hydroxylation is 1. The van der Waals surface area contributed by atoms with Gasteiger partial charge in [0.25, 0.3) is 0 Å². The fraction of sp³-hybridized carbons (Fsp3) is 0.235. The van der Waals surface area contributed by atoms with E-state index in [0.29, 0.717) is 11.3 Å². The van der Waals surface area contributed by atoms with Crippen molar-refractivity contribution in [3.63, 3.8) is 0 Å². The molecule has 3 aromatic rings. The Labute approximate surface area is 158 Å². The van der Waals surface area contributed by atoms with Crippen LogP contribution in [0.2, 0.25) is 0 Å². The zero-order valence-electron chi connectivity index (χ0n) is 14.9. The fourth-order valence-corrected chi connectivity index (χ4v) is 2.53. The minimum absolute atomic E-state index is 0.0421. The number of nitrogens with zero attached hydrogens (tertiary/aromatic N) is 5. The number of amides is 1. The molecule has 11 heteroatoms. The van der Waals surface area contributed by atoms with Gasteiger partial charge in [0.15, 0.2) is 0 Å². The zero-order chi connectivity index (χ0) is 20.1. The van der Waals surface area contributed by atoms with Crippen LogP contribution in [0.4, 0.5) is 15.8 Å². The summed E-state index contributed by atoms with van der Waals surface area (Å²) < 4.78 is 21.3. The molecule has 0 fully saturated rings. The summed E-state index contributed by atoms with van der Waals surface area (Å²) in [5.41, 5.74) is 0.681. The lowest BCUT2D eigenvalue weighted by atomic mass is 10.2. The normalized spacial score (nSPS) is 10.6. The quantitative estimate of drug-likeness (QED) is 0.467. The molecule has 3 rings (SSSR count). The maximum atomic E-state index is 13.7. The van der Waals surface area contributed by atoms with Crippen LogP contribution in [0.3, 0.4) is 0 Å². The number of methoxy groups -OCH3 is 1. The third kappa shape index (κ3) is 4.50. The minimum atomic E-state index is -0.605. The first-order valence-electron chi connectivity index (χ1n) is 8.28. The first-order valence-corrected chi connectivity index (χ1v) is 8.28. The Balaban J connectivity index is 1.55. The molecule has 0 aliphatic carbocycles. The molecule has 0 spiro atoms. The molecule has 28 heavy (non-hydrogen) atoms. The Kier molecular flexibility index (Phi) is 5.63. The van der Waals surface area contributed by atoms with Gasteiger partial charge in [-0.2, -0.15) is 5.10 Å². The van der Waals surface area contributed by atoms with Crippen LogP contribution in [0.15, 0.2) is 42.9 Å². The molecule has 0 aliphatic rings. The van der Waals surface area contributed by atoms with Crippen molar-refractivity contribution in [3.05, 3.63) is 64.4 Å². The van der Waals surface area contributed by atoms with Gasteiger partial charge in [-0.3, -0.25) is 24.3 Å². The third-order valence-corrected chi connectivity index (χ3v) is 3.87. The molecule has 0 atom stereocenters. The molecule has 146 valence electrons. The zero-order valence-corrected chi connectivity index (χ0v) is 14.9. The predicted molar refractivity (Wildman–Crippen MR) is 96.4 cm³/mol. The van der Waals surface area contributed by atoms with Crippen molar-refractivity contribution in [2.75, 3.05) is 12.4 Å². The molecule has 1 N–H and O–H groups in total. The number of carbonyl (C=O) groups excluding carboxylic acids is 1. The van der Waals surface area contributed by atoms with Crippen LogP contribution in [0.1, 0.15) is 12.0 Å². The molecule has 0 saturated carbocycles. The molecule has 0 aliphatic heterocycles. The maximum Gasteiger partial charge on any atom is 0.350 e. The van der Waals surface area contributed by atoms with Crippen molar-refractivity contribution in [1.82, 2.24) is 19.6 Å². The smallest absolute Gasteiger partial charge is 0.350 e. The van der Waals surface area contributed by atoms with Gasteiger partial charge in [-0.15, -0.1) is 5.10 Å². The Morgan fingerprint density at radius 3 is 2.79 bits per heavy atom. The molecule has 1 amide bonds. The Morgan fingerprint density at radius 2 is 2.11 bits per heavy atom. The first-order chi connectivity index (χ1) is 13.5. The molecule has 10 nitrogen and oxygen atoms in total. The van der Waals surface area contributed by atoms with E-state index in [9.17, 15) is 19.3 Å². The van der Waals surface area contributed by atoms with Crippen LogP contribution in [0, 0.1) is 15.9 Å². The van der Waals surface area contributed by atoms with Gasteiger partial charge in [0.05, 0.1) is 37.0 Å². The third-order valence-electron chi connectivity index (χ3n) is 3.87. The Bertz CT molecular complexity index is 999. The van der Waals surface area contributed by atoms with E-state index in [1.54, 1.807) is 24.4 Å². The van der Waals surface area contributed by atoms with Crippen molar-refractivity contribution in [2.45, 2.75) is 19.5 Å². The van der Waals surface area contributed by atoms with E-state index >= 15 is 0 Å². The fourth-order valence-electron chi connectivity index (χ4n) is 2.53. The topological polar surface area (TPSA) is 117 Å². The van der Waals surface area contributed by atoms with E-state index in [-0.39, 0.29) is 42.8 Å². The molecule has 0 bridgehead atoms. The molecule has 0 unspecified atom stereocenters. The van der Waals surface area contributed by atoms with Crippen LogP contribution >= 0.6 is 0 Å². The molecule has 2 heterocycles. The number of hydrogen-bond acceptors (Lipinski definition) is 6.